The molecule has 30 heavy (non-hydrogen) atoms. The molecule has 0 spiro atoms. The molecule has 1 N–H and O–H groups in total. The van der Waals surface area contributed by atoms with Gasteiger partial charge in [-0.1, -0.05) is 42.5 Å². The lowest BCUT2D eigenvalue weighted by molar-refractivity contribution is -0.0343. The first-order chi connectivity index (χ1) is 14.2. The standard InChI is InChI=1S/C23H32N2O4S/c1-17(2)29-22-8-6-5-7-21(22)23-16-25(13-14-28-23)15-19-9-11-20(12-10-19)18(3)24-30(4,26)27/h5-12,17-18,23-24H,13-16H2,1-4H3/t18-,23?/m1/s1. The molecule has 1 saturated heterocycles. The quantitative estimate of drug-likeness (QED) is 0.690. The van der Waals surface area contributed by atoms with Gasteiger partial charge in [-0.3, -0.25) is 4.90 Å². The average Bonchev–Trinajstić information content (AvgIpc) is 2.67. The third-order valence-electron chi connectivity index (χ3n) is 5.06. The SMILES string of the molecule is CC(C)Oc1ccccc1C1CN(Cc2ccc([C@@H](C)NS(C)(=O)=O)cc2)CCO1. The lowest BCUT2D eigenvalue weighted by atomic mass is 10.0. The van der Waals surface area contributed by atoms with Crippen molar-refractivity contribution in [2.45, 2.75) is 45.6 Å². The van der Waals surface area contributed by atoms with E-state index in [4.69, 9.17) is 9.47 Å². The highest BCUT2D eigenvalue weighted by atomic mass is 32.2. The molecule has 2 aromatic carbocycles. The molecule has 0 radical (unpaired) electrons. The zero-order valence-electron chi connectivity index (χ0n) is 18.2. The molecule has 1 unspecified atom stereocenters. The molecule has 0 aromatic heterocycles. The van der Waals surface area contributed by atoms with Gasteiger partial charge >= 0.3 is 0 Å². The summed E-state index contributed by atoms with van der Waals surface area (Å²) in [5.74, 6) is 0.885. The van der Waals surface area contributed by atoms with Crippen molar-refractivity contribution in [3.63, 3.8) is 0 Å². The highest BCUT2D eigenvalue weighted by Gasteiger charge is 2.25. The van der Waals surface area contributed by atoms with E-state index in [2.05, 4.69) is 27.8 Å². The van der Waals surface area contributed by atoms with Crippen molar-refractivity contribution < 1.29 is 17.9 Å². The Morgan fingerprint density at radius 1 is 1.13 bits per heavy atom. The van der Waals surface area contributed by atoms with Crippen molar-refractivity contribution in [3.8, 4) is 5.75 Å². The van der Waals surface area contributed by atoms with Gasteiger partial charge in [-0.05, 0) is 38.0 Å². The number of ether oxygens (including phenoxy) is 2. The van der Waals surface area contributed by atoms with Crippen molar-refractivity contribution >= 4 is 10.0 Å². The highest BCUT2D eigenvalue weighted by Crippen LogP contribution is 2.31. The molecule has 164 valence electrons. The first-order valence-electron chi connectivity index (χ1n) is 10.4. The number of hydrogen-bond donors (Lipinski definition) is 1. The molecule has 7 heteroatoms. The van der Waals surface area contributed by atoms with Crippen molar-refractivity contribution in [1.29, 1.82) is 0 Å². The van der Waals surface area contributed by atoms with Gasteiger partial charge in [-0.25, -0.2) is 13.1 Å². The van der Waals surface area contributed by atoms with Gasteiger partial charge in [0.2, 0.25) is 10.0 Å². The van der Waals surface area contributed by atoms with Gasteiger partial charge in [0, 0.05) is 31.2 Å². The smallest absolute Gasteiger partial charge is 0.209 e. The number of nitrogens with one attached hydrogen (secondary N) is 1. The van der Waals surface area contributed by atoms with Crippen LogP contribution in [0.25, 0.3) is 0 Å². The zero-order chi connectivity index (χ0) is 21.7. The third-order valence-corrected chi connectivity index (χ3v) is 5.84. The molecule has 0 bridgehead atoms. The summed E-state index contributed by atoms with van der Waals surface area (Å²) in [6.45, 7) is 9.07. The Morgan fingerprint density at radius 2 is 1.83 bits per heavy atom. The van der Waals surface area contributed by atoms with E-state index in [0.717, 1.165) is 36.5 Å². The lowest BCUT2D eigenvalue weighted by Gasteiger charge is -2.34. The van der Waals surface area contributed by atoms with Gasteiger partial charge < -0.3 is 9.47 Å². The van der Waals surface area contributed by atoms with E-state index >= 15 is 0 Å². The Balaban J connectivity index is 1.64. The monoisotopic (exact) mass is 432 g/mol. The van der Waals surface area contributed by atoms with Gasteiger partial charge in [0.05, 0.1) is 25.1 Å². The molecule has 6 nitrogen and oxygen atoms in total. The van der Waals surface area contributed by atoms with Gasteiger partial charge in [0.15, 0.2) is 0 Å². The normalized spacial score (nSPS) is 19.0. The van der Waals surface area contributed by atoms with Crippen molar-refractivity contribution in [2.24, 2.45) is 0 Å². The molecule has 0 saturated carbocycles. The molecular weight excluding hydrogens is 400 g/mol. The van der Waals surface area contributed by atoms with Crippen LogP contribution in [0.5, 0.6) is 5.75 Å². The minimum atomic E-state index is -3.23. The first kappa shape index (κ1) is 22.7. The molecule has 0 amide bonds. The van der Waals surface area contributed by atoms with Crippen LogP contribution in [0.2, 0.25) is 0 Å². The molecule has 1 fully saturated rings. The fraction of sp³-hybridized carbons (Fsp3) is 0.478. The molecule has 1 aliphatic rings. The predicted octanol–water partition coefficient (Wildman–Crippen LogP) is 3.66. The zero-order valence-corrected chi connectivity index (χ0v) is 19.0. The Hall–Kier alpha value is -1.93. The first-order valence-corrected chi connectivity index (χ1v) is 12.3. The second kappa shape index (κ2) is 9.92. The summed E-state index contributed by atoms with van der Waals surface area (Å²) in [6, 6.07) is 16.0. The number of morpholine rings is 1. The summed E-state index contributed by atoms with van der Waals surface area (Å²) in [6.07, 6.45) is 1.27. The summed E-state index contributed by atoms with van der Waals surface area (Å²) in [4.78, 5) is 2.38. The van der Waals surface area contributed by atoms with Crippen LogP contribution in [-0.2, 0) is 21.3 Å². The molecule has 1 heterocycles. The number of sulfonamides is 1. The number of hydrogen-bond acceptors (Lipinski definition) is 5. The van der Waals surface area contributed by atoms with Gasteiger partial charge in [-0.15, -0.1) is 0 Å². The maximum Gasteiger partial charge on any atom is 0.209 e. The van der Waals surface area contributed by atoms with Crippen molar-refractivity contribution in [1.82, 2.24) is 9.62 Å². The number of rotatable bonds is 8. The van der Waals surface area contributed by atoms with E-state index < -0.39 is 10.0 Å². The largest absolute Gasteiger partial charge is 0.491 e. The van der Waals surface area contributed by atoms with Crippen LogP contribution < -0.4 is 9.46 Å². The molecule has 2 atom stereocenters. The highest BCUT2D eigenvalue weighted by molar-refractivity contribution is 7.88. The van der Waals surface area contributed by atoms with Crippen LogP contribution >= 0.6 is 0 Å². The molecule has 3 rings (SSSR count). The fourth-order valence-corrected chi connectivity index (χ4v) is 4.48. The van der Waals surface area contributed by atoms with Crippen LogP contribution in [0.15, 0.2) is 48.5 Å². The summed E-state index contributed by atoms with van der Waals surface area (Å²) in [5, 5.41) is 0. The van der Waals surface area contributed by atoms with Crippen LogP contribution in [0, 0.1) is 0 Å². The second-order valence-corrected chi connectivity index (χ2v) is 9.93. The number of para-hydroxylation sites is 1. The van der Waals surface area contributed by atoms with Crippen molar-refractivity contribution in [2.75, 3.05) is 26.0 Å². The average molecular weight is 433 g/mol. The third kappa shape index (κ3) is 6.54. The second-order valence-electron chi connectivity index (χ2n) is 8.15. The van der Waals surface area contributed by atoms with E-state index in [9.17, 15) is 8.42 Å². The Bertz CT molecular complexity index is 928. The maximum atomic E-state index is 11.4. The summed E-state index contributed by atoms with van der Waals surface area (Å²) >= 11 is 0. The number of benzene rings is 2. The van der Waals surface area contributed by atoms with Crippen LogP contribution in [0.1, 0.15) is 49.6 Å². The fourth-order valence-electron chi connectivity index (χ4n) is 3.70. The summed E-state index contributed by atoms with van der Waals surface area (Å²) in [5.41, 5.74) is 3.23. The van der Waals surface area contributed by atoms with E-state index in [0.29, 0.717) is 6.61 Å². The molecule has 2 aromatic rings. The lowest BCUT2D eigenvalue weighted by Crippen LogP contribution is -2.38. The van der Waals surface area contributed by atoms with Crippen molar-refractivity contribution in [3.05, 3.63) is 65.2 Å². The number of nitrogens with zero attached hydrogens (tertiary/aromatic N) is 1. The minimum absolute atomic E-state index is 0.0213. The summed E-state index contributed by atoms with van der Waals surface area (Å²) in [7, 11) is -3.23. The Morgan fingerprint density at radius 3 is 2.50 bits per heavy atom. The molecule has 0 aliphatic carbocycles. The minimum Gasteiger partial charge on any atom is -0.491 e. The van der Waals surface area contributed by atoms with E-state index in [1.807, 2.05) is 51.1 Å². The predicted molar refractivity (Wildman–Crippen MR) is 119 cm³/mol. The topological polar surface area (TPSA) is 67.9 Å². The van der Waals surface area contributed by atoms with E-state index in [-0.39, 0.29) is 18.2 Å². The Kier molecular flexibility index (Phi) is 7.52. The van der Waals surface area contributed by atoms with E-state index in [1.165, 1.54) is 11.8 Å². The van der Waals surface area contributed by atoms with Gasteiger partial charge in [0.25, 0.3) is 0 Å². The van der Waals surface area contributed by atoms with Crippen LogP contribution in [-0.4, -0.2) is 45.4 Å². The Labute approximate surface area is 180 Å². The van der Waals surface area contributed by atoms with Crippen LogP contribution in [0.4, 0.5) is 0 Å². The van der Waals surface area contributed by atoms with Gasteiger partial charge in [0.1, 0.15) is 5.75 Å². The summed E-state index contributed by atoms with van der Waals surface area (Å²) < 4.78 is 37.5. The van der Waals surface area contributed by atoms with E-state index in [1.54, 1.807) is 0 Å². The molecule has 1 aliphatic heterocycles. The van der Waals surface area contributed by atoms with Gasteiger partial charge in [-0.2, -0.15) is 0 Å². The van der Waals surface area contributed by atoms with Crippen LogP contribution in [0.3, 0.4) is 0 Å². The molecular formula is C23H32N2O4S. The maximum absolute atomic E-state index is 11.4.